The Morgan fingerprint density at radius 1 is 1.17 bits per heavy atom. The molecule has 0 aliphatic rings. The van der Waals surface area contributed by atoms with Crippen molar-refractivity contribution >= 4 is 17.0 Å². The first kappa shape index (κ1) is 10.7. The van der Waals surface area contributed by atoms with Crippen LogP contribution in [0.25, 0.3) is 22.3 Å². The summed E-state index contributed by atoms with van der Waals surface area (Å²) >= 11 is 0. The molecule has 3 N–H and O–H groups in total. The fourth-order valence-electron chi connectivity index (χ4n) is 2.14. The predicted molar refractivity (Wildman–Crippen MR) is 71.0 cm³/mol. The van der Waals surface area contributed by atoms with Crippen LogP contribution in [0, 0.1) is 13.8 Å². The van der Waals surface area contributed by atoms with E-state index in [9.17, 15) is 0 Å². The average molecular weight is 239 g/mol. The molecule has 3 aromatic rings. The summed E-state index contributed by atoms with van der Waals surface area (Å²) in [6, 6.07) is 6.24. The monoisotopic (exact) mass is 239 g/mol. The number of aromatic amines is 1. The quantitative estimate of drug-likeness (QED) is 0.682. The molecule has 0 spiro atoms. The number of hydrogen-bond acceptors (Lipinski definition) is 4. The van der Waals surface area contributed by atoms with Gasteiger partial charge in [0.25, 0.3) is 0 Å². The van der Waals surface area contributed by atoms with E-state index in [4.69, 9.17) is 5.73 Å². The highest BCUT2D eigenvalue weighted by Crippen LogP contribution is 2.28. The Kier molecular flexibility index (Phi) is 2.26. The van der Waals surface area contributed by atoms with Crippen molar-refractivity contribution in [3.8, 4) is 11.3 Å². The van der Waals surface area contributed by atoms with Crippen molar-refractivity contribution < 1.29 is 0 Å². The van der Waals surface area contributed by atoms with Gasteiger partial charge in [0, 0.05) is 5.56 Å². The number of nitrogen functional groups attached to an aromatic ring is 1. The number of rotatable bonds is 1. The number of nitrogens with two attached hydrogens (primary N) is 1. The second-order valence-electron chi connectivity index (χ2n) is 4.38. The summed E-state index contributed by atoms with van der Waals surface area (Å²) in [5.41, 5.74) is 10.7. The standard InChI is InChI=1S/C13H13N5/c1-7-3-4-9(8(2)5-7)11-10-6-15-18-12(10)17-13(14)16-11/h3-6H,1-2H3,(H3,14,15,16,17,18). The Morgan fingerprint density at radius 2 is 2.00 bits per heavy atom. The van der Waals surface area contributed by atoms with Gasteiger partial charge in [0.15, 0.2) is 5.65 Å². The van der Waals surface area contributed by atoms with E-state index in [0.29, 0.717) is 5.65 Å². The zero-order chi connectivity index (χ0) is 12.7. The van der Waals surface area contributed by atoms with Crippen LogP contribution in [-0.4, -0.2) is 20.2 Å². The number of benzene rings is 1. The summed E-state index contributed by atoms with van der Waals surface area (Å²) in [5.74, 6) is 0.252. The van der Waals surface area contributed by atoms with E-state index in [0.717, 1.165) is 22.2 Å². The van der Waals surface area contributed by atoms with E-state index >= 15 is 0 Å². The topological polar surface area (TPSA) is 80.5 Å². The van der Waals surface area contributed by atoms with Crippen molar-refractivity contribution in [2.75, 3.05) is 5.73 Å². The van der Waals surface area contributed by atoms with E-state index in [1.54, 1.807) is 6.20 Å². The third-order valence-electron chi connectivity index (χ3n) is 2.96. The number of H-pyrrole nitrogens is 1. The number of aromatic nitrogens is 4. The number of aryl methyl sites for hydroxylation is 2. The minimum Gasteiger partial charge on any atom is -0.368 e. The van der Waals surface area contributed by atoms with Crippen molar-refractivity contribution in [1.82, 2.24) is 20.2 Å². The van der Waals surface area contributed by atoms with Crippen molar-refractivity contribution in [3.63, 3.8) is 0 Å². The second kappa shape index (κ2) is 3.80. The molecule has 18 heavy (non-hydrogen) atoms. The van der Waals surface area contributed by atoms with Crippen molar-refractivity contribution in [3.05, 3.63) is 35.5 Å². The summed E-state index contributed by atoms with van der Waals surface area (Å²) in [4.78, 5) is 8.46. The molecule has 0 atom stereocenters. The Balaban J connectivity index is 2.33. The number of anilines is 1. The smallest absolute Gasteiger partial charge is 0.222 e. The van der Waals surface area contributed by atoms with Gasteiger partial charge in [-0.05, 0) is 19.4 Å². The molecule has 0 aliphatic carbocycles. The Labute approximate surface area is 104 Å². The maximum absolute atomic E-state index is 5.73. The molecule has 0 amide bonds. The van der Waals surface area contributed by atoms with Crippen LogP contribution >= 0.6 is 0 Å². The summed E-state index contributed by atoms with van der Waals surface area (Å²) in [6.07, 6.45) is 1.73. The Hall–Kier alpha value is -2.43. The molecule has 5 heteroatoms. The molecule has 0 radical (unpaired) electrons. The highest BCUT2D eigenvalue weighted by molar-refractivity contribution is 5.91. The minimum atomic E-state index is 0.252. The van der Waals surface area contributed by atoms with Gasteiger partial charge in [-0.15, -0.1) is 0 Å². The molecule has 0 bridgehead atoms. The summed E-state index contributed by atoms with van der Waals surface area (Å²) < 4.78 is 0. The molecule has 2 heterocycles. The molecule has 0 saturated heterocycles. The molecule has 2 aromatic heterocycles. The summed E-state index contributed by atoms with van der Waals surface area (Å²) in [6.45, 7) is 4.13. The fraction of sp³-hybridized carbons (Fsp3) is 0.154. The van der Waals surface area contributed by atoms with Gasteiger partial charge in [0.05, 0.1) is 17.3 Å². The van der Waals surface area contributed by atoms with E-state index in [2.05, 4.69) is 52.2 Å². The summed E-state index contributed by atoms with van der Waals surface area (Å²) in [7, 11) is 0. The van der Waals surface area contributed by atoms with Crippen LogP contribution in [0.15, 0.2) is 24.4 Å². The summed E-state index contributed by atoms with van der Waals surface area (Å²) in [5, 5.41) is 7.70. The first-order chi connectivity index (χ1) is 8.65. The molecular formula is C13H13N5. The van der Waals surface area contributed by atoms with Crippen LogP contribution in [0.2, 0.25) is 0 Å². The molecule has 0 fully saturated rings. The van der Waals surface area contributed by atoms with Gasteiger partial charge in [-0.2, -0.15) is 10.1 Å². The van der Waals surface area contributed by atoms with Gasteiger partial charge >= 0.3 is 0 Å². The lowest BCUT2D eigenvalue weighted by Crippen LogP contribution is -1.98. The Bertz CT molecular complexity index is 729. The third kappa shape index (κ3) is 1.60. The molecular weight excluding hydrogens is 226 g/mol. The lowest BCUT2D eigenvalue weighted by molar-refractivity contribution is 1.09. The lowest BCUT2D eigenvalue weighted by Gasteiger charge is -2.07. The zero-order valence-electron chi connectivity index (χ0n) is 10.2. The van der Waals surface area contributed by atoms with Crippen LogP contribution in [0.5, 0.6) is 0 Å². The number of fused-ring (bicyclic) bond motifs is 1. The first-order valence-corrected chi connectivity index (χ1v) is 5.69. The molecule has 1 aromatic carbocycles. The van der Waals surface area contributed by atoms with Crippen LogP contribution in [0.4, 0.5) is 5.95 Å². The van der Waals surface area contributed by atoms with E-state index in [1.165, 1.54) is 5.56 Å². The van der Waals surface area contributed by atoms with E-state index < -0.39 is 0 Å². The SMILES string of the molecule is Cc1ccc(-c2nc(N)nc3[nH]ncc23)c(C)c1. The molecule has 0 unspecified atom stereocenters. The third-order valence-corrected chi connectivity index (χ3v) is 2.96. The van der Waals surface area contributed by atoms with Crippen LogP contribution < -0.4 is 5.73 Å². The number of nitrogens with zero attached hydrogens (tertiary/aromatic N) is 3. The van der Waals surface area contributed by atoms with E-state index in [-0.39, 0.29) is 5.95 Å². The normalized spacial score (nSPS) is 11.0. The minimum absolute atomic E-state index is 0.252. The van der Waals surface area contributed by atoms with Gasteiger partial charge in [-0.1, -0.05) is 23.8 Å². The zero-order valence-corrected chi connectivity index (χ0v) is 10.2. The van der Waals surface area contributed by atoms with Gasteiger partial charge in [-0.25, -0.2) is 4.98 Å². The molecule has 0 saturated carbocycles. The average Bonchev–Trinajstić information content (AvgIpc) is 2.76. The largest absolute Gasteiger partial charge is 0.368 e. The lowest BCUT2D eigenvalue weighted by atomic mass is 10.0. The maximum atomic E-state index is 5.73. The number of nitrogens with one attached hydrogen (secondary N) is 1. The highest BCUT2D eigenvalue weighted by Gasteiger charge is 2.11. The van der Waals surface area contributed by atoms with Gasteiger partial charge in [0.1, 0.15) is 0 Å². The molecule has 3 rings (SSSR count). The van der Waals surface area contributed by atoms with Gasteiger partial charge in [0.2, 0.25) is 5.95 Å². The highest BCUT2D eigenvalue weighted by atomic mass is 15.2. The fourth-order valence-corrected chi connectivity index (χ4v) is 2.14. The van der Waals surface area contributed by atoms with Crippen molar-refractivity contribution in [1.29, 1.82) is 0 Å². The molecule has 90 valence electrons. The first-order valence-electron chi connectivity index (χ1n) is 5.69. The maximum Gasteiger partial charge on any atom is 0.222 e. The second-order valence-corrected chi connectivity index (χ2v) is 4.38. The van der Waals surface area contributed by atoms with E-state index in [1.807, 2.05) is 0 Å². The Morgan fingerprint density at radius 3 is 2.78 bits per heavy atom. The number of hydrogen-bond donors (Lipinski definition) is 2. The van der Waals surface area contributed by atoms with Gasteiger partial charge < -0.3 is 5.73 Å². The van der Waals surface area contributed by atoms with Crippen LogP contribution in [0.3, 0.4) is 0 Å². The van der Waals surface area contributed by atoms with Gasteiger partial charge in [-0.3, -0.25) is 5.10 Å². The van der Waals surface area contributed by atoms with Crippen molar-refractivity contribution in [2.45, 2.75) is 13.8 Å². The molecule has 5 nitrogen and oxygen atoms in total. The van der Waals surface area contributed by atoms with Crippen LogP contribution in [-0.2, 0) is 0 Å². The molecule has 0 aliphatic heterocycles. The predicted octanol–water partition coefficient (Wildman–Crippen LogP) is 2.22. The van der Waals surface area contributed by atoms with Crippen molar-refractivity contribution in [2.24, 2.45) is 0 Å². The van der Waals surface area contributed by atoms with Crippen LogP contribution in [0.1, 0.15) is 11.1 Å².